The lowest BCUT2D eigenvalue weighted by atomic mass is 10.1. The van der Waals surface area contributed by atoms with Crippen molar-refractivity contribution in [2.45, 2.75) is 38.6 Å². The standard InChI is InChI=1S/C16H21NO2/c1-3-9-17-10-14-15(11-7-8-11)12-5-4-6-13(18-2)16(12)19-14/h4-6,11,17H,3,7-10H2,1-2H3. The van der Waals surface area contributed by atoms with Crippen LogP contribution in [-0.4, -0.2) is 13.7 Å². The molecule has 0 unspecified atom stereocenters. The van der Waals surface area contributed by atoms with Crippen LogP contribution in [0.1, 0.15) is 43.4 Å². The first-order chi connectivity index (χ1) is 9.35. The summed E-state index contributed by atoms with van der Waals surface area (Å²) in [4.78, 5) is 0. The van der Waals surface area contributed by atoms with Gasteiger partial charge in [-0.2, -0.15) is 0 Å². The number of hydrogen-bond donors (Lipinski definition) is 1. The van der Waals surface area contributed by atoms with Crippen molar-refractivity contribution < 1.29 is 9.15 Å². The van der Waals surface area contributed by atoms with E-state index in [9.17, 15) is 0 Å². The summed E-state index contributed by atoms with van der Waals surface area (Å²) in [6, 6.07) is 6.16. The number of para-hydroxylation sites is 1. The van der Waals surface area contributed by atoms with E-state index in [1.165, 1.54) is 23.8 Å². The summed E-state index contributed by atoms with van der Waals surface area (Å²) in [5.74, 6) is 2.61. The van der Waals surface area contributed by atoms with Crippen LogP contribution in [0.4, 0.5) is 0 Å². The van der Waals surface area contributed by atoms with E-state index in [2.05, 4.69) is 18.3 Å². The quantitative estimate of drug-likeness (QED) is 0.801. The molecule has 0 spiro atoms. The van der Waals surface area contributed by atoms with Crippen molar-refractivity contribution in [3.63, 3.8) is 0 Å². The van der Waals surface area contributed by atoms with Gasteiger partial charge in [-0.15, -0.1) is 0 Å². The third-order valence-electron chi connectivity index (χ3n) is 3.71. The van der Waals surface area contributed by atoms with Crippen LogP contribution in [0.3, 0.4) is 0 Å². The highest BCUT2D eigenvalue weighted by molar-refractivity contribution is 5.88. The van der Waals surface area contributed by atoms with Crippen molar-refractivity contribution in [1.29, 1.82) is 0 Å². The van der Waals surface area contributed by atoms with E-state index in [0.29, 0.717) is 5.92 Å². The smallest absolute Gasteiger partial charge is 0.176 e. The molecule has 1 aliphatic rings. The van der Waals surface area contributed by atoms with Crippen molar-refractivity contribution >= 4 is 11.0 Å². The van der Waals surface area contributed by atoms with Gasteiger partial charge >= 0.3 is 0 Å². The summed E-state index contributed by atoms with van der Waals surface area (Å²) in [5.41, 5.74) is 2.30. The van der Waals surface area contributed by atoms with Crippen LogP contribution in [0.15, 0.2) is 22.6 Å². The third kappa shape index (κ3) is 2.35. The summed E-state index contributed by atoms with van der Waals surface area (Å²) >= 11 is 0. The van der Waals surface area contributed by atoms with Gasteiger partial charge in [0.25, 0.3) is 0 Å². The van der Waals surface area contributed by atoms with Gasteiger partial charge in [-0.25, -0.2) is 0 Å². The summed E-state index contributed by atoms with van der Waals surface area (Å²) in [7, 11) is 1.70. The highest BCUT2D eigenvalue weighted by atomic mass is 16.5. The minimum atomic E-state index is 0.687. The molecule has 1 aliphatic carbocycles. The van der Waals surface area contributed by atoms with Gasteiger partial charge in [-0.3, -0.25) is 0 Å². The molecule has 1 fully saturated rings. The Hall–Kier alpha value is -1.48. The van der Waals surface area contributed by atoms with E-state index >= 15 is 0 Å². The maximum atomic E-state index is 6.08. The topological polar surface area (TPSA) is 34.4 Å². The largest absolute Gasteiger partial charge is 0.493 e. The Labute approximate surface area is 113 Å². The number of methoxy groups -OCH3 is 1. The molecule has 3 nitrogen and oxygen atoms in total. The second-order valence-corrected chi connectivity index (χ2v) is 5.23. The maximum absolute atomic E-state index is 6.08. The first-order valence-corrected chi connectivity index (χ1v) is 7.14. The van der Waals surface area contributed by atoms with Crippen molar-refractivity contribution in [2.75, 3.05) is 13.7 Å². The van der Waals surface area contributed by atoms with Gasteiger partial charge in [-0.1, -0.05) is 19.1 Å². The van der Waals surface area contributed by atoms with Gasteiger partial charge in [0.2, 0.25) is 0 Å². The molecule has 3 heteroatoms. The number of rotatable bonds is 6. The van der Waals surface area contributed by atoms with Crippen molar-refractivity contribution in [3.05, 3.63) is 29.5 Å². The molecule has 1 aromatic carbocycles. The van der Waals surface area contributed by atoms with Crippen LogP contribution in [-0.2, 0) is 6.54 Å². The van der Waals surface area contributed by atoms with Gasteiger partial charge in [0, 0.05) is 10.9 Å². The average molecular weight is 259 g/mol. The molecule has 0 bridgehead atoms. The van der Waals surface area contributed by atoms with Crippen LogP contribution in [0.5, 0.6) is 5.75 Å². The Bertz CT molecular complexity index is 569. The summed E-state index contributed by atoms with van der Waals surface area (Å²) in [6.45, 7) is 4.02. The molecule has 1 N–H and O–H groups in total. The van der Waals surface area contributed by atoms with Gasteiger partial charge in [0.1, 0.15) is 5.76 Å². The number of benzene rings is 1. The van der Waals surface area contributed by atoms with Gasteiger partial charge in [-0.05, 0) is 37.8 Å². The summed E-state index contributed by atoms with van der Waals surface area (Å²) in [5, 5.41) is 4.67. The molecule has 0 amide bonds. The first kappa shape index (κ1) is 12.5. The fourth-order valence-corrected chi connectivity index (χ4v) is 2.65. The molecule has 0 aliphatic heterocycles. The predicted molar refractivity (Wildman–Crippen MR) is 76.7 cm³/mol. The fraction of sp³-hybridized carbons (Fsp3) is 0.500. The Balaban J connectivity index is 2.02. The zero-order valence-electron chi connectivity index (χ0n) is 11.7. The minimum Gasteiger partial charge on any atom is -0.493 e. The number of hydrogen-bond acceptors (Lipinski definition) is 3. The van der Waals surface area contributed by atoms with Crippen LogP contribution >= 0.6 is 0 Å². The third-order valence-corrected chi connectivity index (χ3v) is 3.71. The summed E-state index contributed by atoms with van der Waals surface area (Å²) in [6.07, 6.45) is 3.71. The van der Waals surface area contributed by atoms with Crippen LogP contribution in [0.25, 0.3) is 11.0 Å². The fourth-order valence-electron chi connectivity index (χ4n) is 2.65. The molecule has 102 valence electrons. The monoisotopic (exact) mass is 259 g/mol. The number of furan rings is 1. The average Bonchev–Trinajstić information content (AvgIpc) is 3.19. The Kier molecular flexibility index (Phi) is 3.47. The Morgan fingerprint density at radius 1 is 1.37 bits per heavy atom. The molecule has 0 saturated heterocycles. The number of ether oxygens (including phenoxy) is 1. The molecule has 1 saturated carbocycles. The minimum absolute atomic E-state index is 0.687. The molecule has 2 aromatic rings. The number of fused-ring (bicyclic) bond motifs is 1. The lowest BCUT2D eigenvalue weighted by Crippen LogP contribution is -2.14. The van der Waals surface area contributed by atoms with E-state index in [1.807, 2.05) is 12.1 Å². The molecule has 19 heavy (non-hydrogen) atoms. The zero-order valence-corrected chi connectivity index (χ0v) is 11.7. The molecular weight excluding hydrogens is 238 g/mol. The molecule has 0 radical (unpaired) electrons. The van der Waals surface area contributed by atoms with E-state index in [-0.39, 0.29) is 0 Å². The van der Waals surface area contributed by atoms with E-state index in [0.717, 1.165) is 36.6 Å². The first-order valence-electron chi connectivity index (χ1n) is 7.14. The van der Waals surface area contributed by atoms with E-state index in [4.69, 9.17) is 9.15 Å². The van der Waals surface area contributed by atoms with E-state index in [1.54, 1.807) is 7.11 Å². The van der Waals surface area contributed by atoms with Crippen molar-refractivity contribution in [3.8, 4) is 5.75 Å². The maximum Gasteiger partial charge on any atom is 0.176 e. The van der Waals surface area contributed by atoms with Crippen LogP contribution in [0.2, 0.25) is 0 Å². The number of nitrogens with one attached hydrogen (secondary N) is 1. The molecule has 0 atom stereocenters. The van der Waals surface area contributed by atoms with Crippen molar-refractivity contribution in [2.24, 2.45) is 0 Å². The summed E-state index contributed by atoms with van der Waals surface area (Å²) < 4.78 is 11.5. The highest BCUT2D eigenvalue weighted by Crippen LogP contribution is 2.47. The molecule has 1 heterocycles. The molecular formula is C16H21NO2. The van der Waals surface area contributed by atoms with E-state index < -0.39 is 0 Å². The van der Waals surface area contributed by atoms with Crippen LogP contribution in [0, 0.1) is 0 Å². The molecule has 3 rings (SSSR count). The second kappa shape index (κ2) is 5.25. The zero-order chi connectivity index (χ0) is 13.2. The van der Waals surface area contributed by atoms with Gasteiger partial charge in [0.05, 0.1) is 13.7 Å². The lowest BCUT2D eigenvalue weighted by Gasteiger charge is -2.02. The Morgan fingerprint density at radius 2 is 2.21 bits per heavy atom. The second-order valence-electron chi connectivity index (χ2n) is 5.23. The van der Waals surface area contributed by atoms with Gasteiger partial charge < -0.3 is 14.5 Å². The molecule has 1 aromatic heterocycles. The lowest BCUT2D eigenvalue weighted by molar-refractivity contribution is 0.406. The highest BCUT2D eigenvalue weighted by Gasteiger charge is 2.31. The normalized spacial score (nSPS) is 15.1. The van der Waals surface area contributed by atoms with Gasteiger partial charge in [0.15, 0.2) is 11.3 Å². The predicted octanol–water partition coefficient (Wildman–Crippen LogP) is 3.82. The van der Waals surface area contributed by atoms with Crippen LogP contribution < -0.4 is 10.1 Å². The Morgan fingerprint density at radius 3 is 2.89 bits per heavy atom. The van der Waals surface area contributed by atoms with Crippen molar-refractivity contribution in [1.82, 2.24) is 5.32 Å². The SMILES string of the molecule is CCCNCc1oc2c(OC)cccc2c1C1CC1.